The average Bonchev–Trinajstić information content (AvgIpc) is 3.47. The van der Waals surface area contributed by atoms with Crippen molar-refractivity contribution in [3.05, 3.63) is 71.3 Å². The fourth-order valence-electron chi connectivity index (χ4n) is 5.57. The minimum absolute atomic E-state index is 0.0669. The molecule has 1 amide bonds. The molecule has 0 radical (unpaired) electrons. The molecule has 0 saturated carbocycles. The number of ether oxygens (including phenoxy) is 1. The average molecular weight is 527 g/mol. The second-order valence-electron chi connectivity index (χ2n) is 10.7. The van der Waals surface area contributed by atoms with E-state index in [9.17, 15) is 10.1 Å². The van der Waals surface area contributed by atoms with Crippen molar-refractivity contribution in [2.24, 2.45) is 0 Å². The minimum atomic E-state index is -0.779. The Balaban J connectivity index is 1.25. The van der Waals surface area contributed by atoms with Crippen molar-refractivity contribution in [1.82, 2.24) is 9.80 Å². The van der Waals surface area contributed by atoms with Crippen molar-refractivity contribution in [2.45, 2.75) is 52.1 Å². The van der Waals surface area contributed by atoms with Crippen molar-refractivity contribution in [1.29, 1.82) is 5.26 Å². The Morgan fingerprint density at radius 1 is 1.05 bits per heavy atom. The van der Waals surface area contributed by atoms with E-state index in [4.69, 9.17) is 17.0 Å². The van der Waals surface area contributed by atoms with Gasteiger partial charge in [0.05, 0.1) is 23.9 Å². The van der Waals surface area contributed by atoms with Crippen LogP contribution >= 0.6 is 12.2 Å². The molecule has 0 bridgehead atoms. The molecule has 0 unspecified atom stereocenters. The molecule has 0 aromatic heterocycles. The van der Waals surface area contributed by atoms with Crippen LogP contribution in [0.4, 0.5) is 5.69 Å². The van der Waals surface area contributed by atoms with E-state index in [1.54, 1.807) is 11.0 Å². The molecule has 0 spiro atoms. The number of carbonyl (C=O) groups excluding carboxylic acids is 1. The van der Waals surface area contributed by atoms with E-state index in [1.165, 1.54) is 31.5 Å². The summed E-state index contributed by atoms with van der Waals surface area (Å²) >= 11 is 5.85. The SMILES string of the molecule is Cc1cc(CN2CCCC2)ccc1OCCCN1C(=S)N(c2ccc(C#N)c3ccccc23)C(=O)C1(C)C. The van der Waals surface area contributed by atoms with Crippen LogP contribution < -0.4 is 9.64 Å². The summed E-state index contributed by atoms with van der Waals surface area (Å²) in [7, 11) is 0. The molecule has 2 saturated heterocycles. The van der Waals surface area contributed by atoms with E-state index in [2.05, 4.69) is 36.1 Å². The van der Waals surface area contributed by atoms with Gasteiger partial charge in [0, 0.05) is 23.9 Å². The van der Waals surface area contributed by atoms with Crippen LogP contribution in [0, 0.1) is 18.3 Å². The van der Waals surface area contributed by atoms with Crippen molar-refractivity contribution < 1.29 is 9.53 Å². The normalized spacial score (nSPS) is 17.4. The largest absolute Gasteiger partial charge is 0.493 e. The highest BCUT2D eigenvalue weighted by Gasteiger charge is 2.49. The first-order chi connectivity index (χ1) is 18.3. The zero-order chi connectivity index (χ0) is 26.9. The standard InChI is InChI=1S/C31H34N4O2S/c1-22-19-23(21-33-15-6-7-16-33)11-14-28(22)37-18-8-17-34-30(38)35(29(36)31(34,2)3)27-13-12-24(20-32)25-9-4-5-10-26(25)27/h4-5,9-14,19H,6-8,15-18,21H2,1-3H3. The molecule has 2 fully saturated rings. The molecular weight excluding hydrogens is 492 g/mol. The lowest BCUT2D eigenvalue weighted by Gasteiger charge is -2.29. The summed E-state index contributed by atoms with van der Waals surface area (Å²) in [6.07, 6.45) is 3.32. The van der Waals surface area contributed by atoms with Crippen LogP contribution in [0.25, 0.3) is 10.8 Å². The molecule has 0 N–H and O–H groups in total. The van der Waals surface area contributed by atoms with E-state index in [0.717, 1.165) is 35.1 Å². The lowest BCUT2D eigenvalue weighted by molar-refractivity contribution is -0.123. The summed E-state index contributed by atoms with van der Waals surface area (Å²) in [4.78, 5) is 19.7. The zero-order valence-electron chi connectivity index (χ0n) is 22.4. The fraction of sp³-hybridized carbons (Fsp3) is 0.387. The lowest BCUT2D eigenvalue weighted by atomic mass is 10.0. The van der Waals surface area contributed by atoms with E-state index in [0.29, 0.717) is 29.5 Å². The molecule has 6 nitrogen and oxygen atoms in total. The number of hydrogen-bond acceptors (Lipinski definition) is 5. The van der Waals surface area contributed by atoms with Crippen LogP contribution in [-0.4, -0.2) is 52.6 Å². The predicted octanol–water partition coefficient (Wildman–Crippen LogP) is 5.80. The van der Waals surface area contributed by atoms with E-state index in [-0.39, 0.29) is 5.91 Å². The summed E-state index contributed by atoms with van der Waals surface area (Å²) in [5.74, 6) is 0.836. The topological polar surface area (TPSA) is 59.8 Å². The Kier molecular flexibility index (Phi) is 7.38. The molecule has 2 aliphatic heterocycles. The highest BCUT2D eigenvalue weighted by atomic mass is 32.1. The summed E-state index contributed by atoms with van der Waals surface area (Å²) in [5, 5.41) is 11.7. The van der Waals surface area contributed by atoms with Crippen LogP contribution in [-0.2, 0) is 11.3 Å². The Labute approximate surface area is 230 Å². The van der Waals surface area contributed by atoms with Crippen LogP contribution in [0.15, 0.2) is 54.6 Å². The second-order valence-corrected chi connectivity index (χ2v) is 11.1. The quantitative estimate of drug-likeness (QED) is 0.273. The Hall–Kier alpha value is -3.47. The molecular formula is C31H34N4O2S. The highest BCUT2D eigenvalue weighted by molar-refractivity contribution is 7.80. The molecule has 5 rings (SSSR count). The number of nitriles is 1. The molecule has 2 heterocycles. The molecule has 3 aromatic carbocycles. The van der Waals surface area contributed by atoms with Gasteiger partial charge in [-0.1, -0.05) is 36.4 Å². The van der Waals surface area contributed by atoms with Gasteiger partial charge in [-0.25, -0.2) is 0 Å². The summed E-state index contributed by atoms with van der Waals surface area (Å²) in [6, 6.07) is 19.9. The van der Waals surface area contributed by atoms with Crippen LogP contribution in [0.2, 0.25) is 0 Å². The van der Waals surface area contributed by atoms with Gasteiger partial charge in [0.1, 0.15) is 11.3 Å². The summed E-state index contributed by atoms with van der Waals surface area (Å²) < 4.78 is 6.13. The molecule has 2 aliphatic rings. The number of amides is 1. The van der Waals surface area contributed by atoms with Gasteiger partial charge in [0.15, 0.2) is 5.11 Å². The number of rotatable bonds is 8. The van der Waals surface area contributed by atoms with Gasteiger partial charge in [0.25, 0.3) is 5.91 Å². The van der Waals surface area contributed by atoms with Gasteiger partial charge in [-0.2, -0.15) is 5.26 Å². The van der Waals surface area contributed by atoms with Crippen molar-refractivity contribution in [2.75, 3.05) is 31.1 Å². The van der Waals surface area contributed by atoms with E-state index in [1.807, 2.05) is 49.1 Å². The molecule has 38 heavy (non-hydrogen) atoms. The lowest BCUT2D eigenvalue weighted by Crippen LogP contribution is -2.44. The Bertz CT molecular complexity index is 1420. The Morgan fingerprint density at radius 3 is 2.50 bits per heavy atom. The predicted molar refractivity (Wildman–Crippen MR) is 155 cm³/mol. The van der Waals surface area contributed by atoms with Gasteiger partial charge in [-0.3, -0.25) is 14.6 Å². The number of aryl methyl sites for hydroxylation is 1. The number of likely N-dealkylation sites (tertiary alicyclic amines) is 1. The maximum Gasteiger partial charge on any atom is 0.258 e. The van der Waals surface area contributed by atoms with Gasteiger partial charge in [0.2, 0.25) is 0 Å². The first kappa shape index (κ1) is 26.1. The fourth-order valence-corrected chi connectivity index (χ4v) is 6.08. The third-order valence-corrected chi connectivity index (χ3v) is 8.12. The maximum atomic E-state index is 13.6. The number of anilines is 1. The van der Waals surface area contributed by atoms with Gasteiger partial charge < -0.3 is 9.64 Å². The molecule has 196 valence electrons. The summed E-state index contributed by atoms with van der Waals surface area (Å²) in [6.45, 7) is 10.4. The number of carbonyl (C=O) groups is 1. The van der Waals surface area contributed by atoms with Gasteiger partial charge in [-0.05, 0) is 94.7 Å². The number of fused-ring (bicyclic) bond motifs is 1. The van der Waals surface area contributed by atoms with E-state index < -0.39 is 5.54 Å². The monoisotopic (exact) mass is 526 g/mol. The van der Waals surface area contributed by atoms with Crippen molar-refractivity contribution in [3.8, 4) is 11.8 Å². The third kappa shape index (κ3) is 4.87. The first-order valence-electron chi connectivity index (χ1n) is 13.3. The Morgan fingerprint density at radius 2 is 1.79 bits per heavy atom. The second kappa shape index (κ2) is 10.7. The van der Waals surface area contributed by atoms with Crippen LogP contribution in [0.3, 0.4) is 0 Å². The zero-order valence-corrected chi connectivity index (χ0v) is 23.2. The minimum Gasteiger partial charge on any atom is -0.493 e. The highest BCUT2D eigenvalue weighted by Crippen LogP contribution is 2.37. The number of nitrogens with zero attached hydrogens (tertiary/aromatic N) is 4. The molecule has 0 atom stereocenters. The third-order valence-electron chi connectivity index (χ3n) is 7.71. The van der Waals surface area contributed by atoms with Gasteiger partial charge >= 0.3 is 0 Å². The van der Waals surface area contributed by atoms with Gasteiger partial charge in [-0.15, -0.1) is 0 Å². The summed E-state index contributed by atoms with van der Waals surface area (Å²) in [5.41, 5.74) is 2.99. The van der Waals surface area contributed by atoms with Crippen molar-refractivity contribution >= 4 is 39.7 Å². The maximum absolute atomic E-state index is 13.6. The van der Waals surface area contributed by atoms with Crippen LogP contribution in [0.5, 0.6) is 5.75 Å². The molecule has 0 aliphatic carbocycles. The van der Waals surface area contributed by atoms with Crippen LogP contribution in [0.1, 0.15) is 49.8 Å². The molecule has 7 heteroatoms. The molecule has 3 aromatic rings. The van der Waals surface area contributed by atoms with Crippen molar-refractivity contribution in [3.63, 3.8) is 0 Å². The number of thiocarbonyl (C=S) groups is 1. The number of hydrogen-bond donors (Lipinski definition) is 0. The number of benzene rings is 3. The smallest absolute Gasteiger partial charge is 0.258 e. The van der Waals surface area contributed by atoms with E-state index >= 15 is 0 Å². The first-order valence-corrected chi connectivity index (χ1v) is 13.7.